The van der Waals surface area contributed by atoms with Gasteiger partial charge in [-0.2, -0.15) is 0 Å². The van der Waals surface area contributed by atoms with Crippen molar-refractivity contribution in [2.75, 3.05) is 17.2 Å². The molecule has 0 aliphatic heterocycles. The van der Waals surface area contributed by atoms with Crippen LogP contribution in [0.3, 0.4) is 0 Å². The molecule has 3 nitrogen and oxygen atoms in total. The summed E-state index contributed by atoms with van der Waals surface area (Å²) < 4.78 is 14.1. The largest absolute Gasteiger partial charge is 0.376 e. The van der Waals surface area contributed by atoms with Gasteiger partial charge in [0.15, 0.2) is 0 Å². The predicted molar refractivity (Wildman–Crippen MR) is 82.7 cm³/mol. The van der Waals surface area contributed by atoms with Crippen LogP contribution in [-0.2, 0) is 4.79 Å². The number of benzene rings is 2. The lowest BCUT2D eigenvalue weighted by atomic mass is 10.3. The Morgan fingerprint density at radius 1 is 1.11 bits per heavy atom. The second-order valence-corrected chi connectivity index (χ2v) is 5.16. The Balaban J connectivity index is 1.86. The number of anilines is 2. The van der Waals surface area contributed by atoms with Gasteiger partial charge >= 0.3 is 0 Å². The second-order valence-electron chi connectivity index (χ2n) is 3.92. The lowest BCUT2D eigenvalue weighted by molar-refractivity contribution is -0.114. The van der Waals surface area contributed by atoms with E-state index >= 15 is 0 Å². The normalized spacial score (nSPS) is 10.0. The number of amides is 1. The van der Waals surface area contributed by atoms with E-state index in [1.54, 1.807) is 12.1 Å². The average Bonchev–Trinajstić information content (AvgIpc) is 2.38. The molecule has 0 unspecified atom stereocenters. The summed E-state index contributed by atoms with van der Waals surface area (Å²) in [6.07, 6.45) is 0. The quantitative estimate of drug-likeness (QED) is 0.810. The molecule has 0 aromatic heterocycles. The van der Waals surface area contributed by atoms with E-state index in [1.165, 1.54) is 12.1 Å². The number of rotatable bonds is 4. The van der Waals surface area contributed by atoms with E-state index in [0.717, 1.165) is 9.26 Å². The Labute approximate surface area is 124 Å². The highest BCUT2D eigenvalue weighted by atomic mass is 127. The highest BCUT2D eigenvalue weighted by molar-refractivity contribution is 14.1. The van der Waals surface area contributed by atoms with Crippen molar-refractivity contribution in [3.05, 3.63) is 57.9 Å². The first kappa shape index (κ1) is 13.8. The first-order chi connectivity index (χ1) is 9.13. The van der Waals surface area contributed by atoms with Gasteiger partial charge in [-0.1, -0.05) is 6.07 Å². The number of hydrogen-bond acceptors (Lipinski definition) is 2. The van der Waals surface area contributed by atoms with E-state index in [9.17, 15) is 9.18 Å². The molecule has 2 N–H and O–H groups in total. The highest BCUT2D eigenvalue weighted by Crippen LogP contribution is 2.11. The smallest absolute Gasteiger partial charge is 0.243 e. The summed E-state index contributed by atoms with van der Waals surface area (Å²) in [6.45, 7) is 0.136. The molecule has 0 spiro atoms. The average molecular weight is 370 g/mol. The predicted octanol–water partition coefficient (Wildman–Crippen LogP) is 3.48. The summed E-state index contributed by atoms with van der Waals surface area (Å²) in [5.74, 6) is -0.590. The molecule has 2 aromatic carbocycles. The third kappa shape index (κ3) is 4.51. The van der Waals surface area contributed by atoms with Crippen LogP contribution in [0.4, 0.5) is 15.8 Å². The summed E-state index contributed by atoms with van der Waals surface area (Å²) >= 11 is 2.21. The maximum absolute atomic E-state index is 12.9. The van der Waals surface area contributed by atoms with Gasteiger partial charge in [-0.05, 0) is 65.1 Å². The van der Waals surface area contributed by atoms with E-state index in [4.69, 9.17) is 0 Å². The molecule has 0 fully saturated rings. The van der Waals surface area contributed by atoms with Crippen LogP contribution in [0.5, 0.6) is 0 Å². The number of carbonyl (C=O) groups is 1. The third-order valence-corrected chi connectivity index (χ3v) is 3.12. The van der Waals surface area contributed by atoms with Gasteiger partial charge in [0, 0.05) is 14.9 Å². The lowest BCUT2D eigenvalue weighted by Gasteiger charge is -2.08. The molecule has 2 rings (SSSR count). The van der Waals surface area contributed by atoms with Crippen molar-refractivity contribution in [3.8, 4) is 0 Å². The van der Waals surface area contributed by atoms with Crippen molar-refractivity contribution in [1.29, 1.82) is 0 Å². The standard InChI is InChI=1S/C14H12FIN2O/c15-10-2-1-3-13(8-10)18-14(19)9-17-12-6-4-11(16)5-7-12/h1-8,17H,9H2,(H,18,19). The van der Waals surface area contributed by atoms with Crippen molar-refractivity contribution in [2.24, 2.45) is 0 Å². The molecule has 0 atom stereocenters. The third-order valence-electron chi connectivity index (χ3n) is 2.41. The van der Waals surface area contributed by atoms with Crippen LogP contribution in [0.15, 0.2) is 48.5 Å². The van der Waals surface area contributed by atoms with Crippen LogP contribution in [0.1, 0.15) is 0 Å². The van der Waals surface area contributed by atoms with Crippen molar-refractivity contribution in [2.45, 2.75) is 0 Å². The molecule has 0 aliphatic carbocycles. The summed E-state index contributed by atoms with van der Waals surface area (Å²) in [6, 6.07) is 13.5. The zero-order valence-corrected chi connectivity index (χ0v) is 12.1. The Hall–Kier alpha value is -1.63. The van der Waals surface area contributed by atoms with Crippen molar-refractivity contribution in [3.63, 3.8) is 0 Å². The molecule has 0 bridgehead atoms. The van der Waals surface area contributed by atoms with Crippen LogP contribution in [0.2, 0.25) is 0 Å². The SMILES string of the molecule is O=C(CNc1ccc(I)cc1)Nc1cccc(F)c1. The summed E-state index contributed by atoms with van der Waals surface area (Å²) in [5, 5.41) is 5.62. The Kier molecular flexibility index (Phi) is 4.73. The molecule has 0 saturated carbocycles. The fourth-order valence-electron chi connectivity index (χ4n) is 1.52. The summed E-state index contributed by atoms with van der Waals surface area (Å²) in [5.41, 5.74) is 1.32. The molecule has 98 valence electrons. The molecule has 0 radical (unpaired) electrons. The first-order valence-corrected chi connectivity index (χ1v) is 6.76. The highest BCUT2D eigenvalue weighted by Gasteiger charge is 2.02. The maximum Gasteiger partial charge on any atom is 0.243 e. The van der Waals surface area contributed by atoms with Gasteiger partial charge in [0.1, 0.15) is 5.82 Å². The minimum absolute atomic E-state index is 0.136. The van der Waals surface area contributed by atoms with Crippen molar-refractivity contribution < 1.29 is 9.18 Å². The maximum atomic E-state index is 12.9. The molecule has 19 heavy (non-hydrogen) atoms. The van der Waals surface area contributed by atoms with Gasteiger partial charge in [0.05, 0.1) is 6.54 Å². The van der Waals surface area contributed by atoms with E-state index in [2.05, 4.69) is 33.2 Å². The minimum atomic E-state index is -0.372. The first-order valence-electron chi connectivity index (χ1n) is 5.68. The Morgan fingerprint density at radius 2 is 1.84 bits per heavy atom. The topological polar surface area (TPSA) is 41.1 Å². The van der Waals surface area contributed by atoms with Gasteiger partial charge < -0.3 is 10.6 Å². The van der Waals surface area contributed by atoms with Crippen LogP contribution in [0, 0.1) is 9.39 Å². The Morgan fingerprint density at radius 3 is 2.53 bits per heavy atom. The second kappa shape index (κ2) is 6.51. The molecule has 0 aliphatic rings. The zero-order chi connectivity index (χ0) is 13.7. The summed E-state index contributed by atoms with van der Waals surface area (Å²) in [7, 11) is 0. The number of halogens is 2. The van der Waals surface area contributed by atoms with Gasteiger partial charge in [-0.25, -0.2) is 4.39 Å². The van der Waals surface area contributed by atoms with E-state index in [1.807, 2.05) is 24.3 Å². The van der Waals surface area contributed by atoms with Gasteiger partial charge in [-0.3, -0.25) is 4.79 Å². The zero-order valence-electron chi connectivity index (χ0n) is 9.99. The van der Waals surface area contributed by atoms with E-state index in [-0.39, 0.29) is 18.3 Å². The fraction of sp³-hybridized carbons (Fsp3) is 0.0714. The number of hydrogen-bond donors (Lipinski definition) is 2. The van der Waals surface area contributed by atoms with Gasteiger partial charge in [-0.15, -0.1) is 0 Å². The van der Waals surface area contributed by atoms with Crippen LogP contribution in [0.25, 0.3) is 0 Å². The van der Waals surface area contributed by atoms with Crippen LogP contribution in [-0.4, -0.2) is 12.5 Å². The van der Waals surface area contributed by atoms with Gasteiger partial charge in [0.25, 0.3) is 0 Å². The Bertz CT molecular complexity index is 572. The number of carbonyl (C=O) groups excluding carboxylic acids is 1. The summed E-state index contributed by atoms with van der Waals surface area (Å²) in [4.78, 5) is 11.7. The van der Waals surface area contributed by atoms with Crippen molar-refractivity contribution in [1.82, 2.24) is 0 Å². The van der Waals surface area contributed by atoms with Crippen LogP contribution >= 0.6 is 22.6 Å². The monoisotopic (exact) mass is 370 g/mol. The van der Waals surface area contributed by atoms with E-state index in [0.29, 0.717) is 5.69 Å². The van der Waals surface area contributed by atoms with Crippen LogP contribution < -0.4 is 10.6 Å². The molecular weight excluding hydrogens is 358 g/mol. The molecule has 0 saturated heterocycles. The molecule has 0 heterocycles. The van der Waals surface area contributed by atoms with Gasteiger partial charge in [0.2, 0.25) is 5.91 Å². The lowest BCUT2D eigenvalue weighted by Crippen LogP contribution is -2.21. The number of nitrogens with one attached hydrogen (secondary N) is 2. The molecular formula is C14H12FIN2O. The fourth-order valence-corrected chi connectivity index (χ4v) is 1.88. The van der Waals surface area contributed by atoms with E-state index < -0.39 is 0 Å². The molecule has 1 amide bonds. The molecule has 2 aromatic rings. The minimum Gasteiger partial charge on any atom is -0.376 e. The van der Waals surface area contributed by atoms with Crippen molar-refractivity contribution >= 4 is 39.9 Å². The molecule has 5 heteroatoms.